The van der Waals surface area contributed by atoms with Crippen LogP contribution in [0.25, 0.3) is 0 Å². The van der Waals surface area contributed by atoms with E-state index in [0.29, 0.717) is 6.04 Å². The highest BCUT2D eigenvalue weighted by atomic mass is 16.5. The standard InChI is InChI=1S/C17H37N5O/c1-5-10-22-11-7-16(8-12-22)20-17(18-6-2)19-9-13-21(3)14-15-23-4/h16H,5-15H2,1-4H3,(H2,18,19,20). The van der Waals surface area contributed by atoms with E-state index in [2.05, 4.69) is 41.3 Å². The van der Waals surface area contributed by atoms with Gasteiger partial charge in [-0.2, -0.15) is 0 Å². The van der Waals surface area contributed by atoms with Gasteiger partial charge in [0.2, 0.25) is 0 Å². The lowest BCUT2D eigenvalue weighted by atomic mass is 10.1. The highest BCUT2D eigenvalue weighted by Gasteiger charge is 2.19. The molecule has 1 aliphatic heterocycles. The molecule has 1 heterocycles. The number of rotatable bonds is 10. The predicted octanol–water partition coefficient (Wildman–Crippen LogP) is 0.994. The first-order chi connectivity index (χ1) is 11.2. The van der Waals surface area contributed by atoms with Crippen LogP contribution in [0, 0.1) is 0 Å². The summed E-state index contributed by atoms with van der Waals surface area (Å²) in [5.74, 6) is 0.960. The Balaban J connectivity index is 2.32. The first-order valence-corrected chi connectivity index (χ1v) is 9.14. The van der Waals surface area contributed by atoms with Gasteiger partial charge in [-0.05, 0) is 39.8 Å². The summed E-state index contributed by atoms with van der Waals surface area (Å²) in [6.07, 6.45) is 3.66. The molecule has 6 heteroatoms. The molecule has 1 aliphatic rings. The average Bonchev–Trinajstić information content (AvgIpc) is 2.55. The van der Waals surface area contributed by atoms with Crippen molar-refractivity contribution < 1.29 is 4.74 Å². The fourth-order valence-corrected chi connectivity index (χ4v) is 2.82. The van der Waals surface area contributed by atoms with Crippen LogP contribution in [0.15, 0.2) is 4.99 Å². The van der Waals surface area contributed by atoms with Gasteiger partial charge in [-0.1, -0.05) is 6.92 Å². The van der Waals surface area contributed by atoms with Crippen LogP contribution in [0.4, 0.5) is 0 Å². The Morgan fingerprint density at radius 1 is 1.26 bits per heavy atom. The Hall–Kier alpha value is -0.850. The molecule has 0 aromatic carbocycles. The Morgan fingerprint density at radius 3 is 2.61 bits per heavy atom. The molecule has 0 atom stereocenters. The van der Waals surface area contributed by atoms with Gasteiger partial charge < -0.3 is 25.2 Å². The summed E-state index contributed by atoms with van der Waals surface area (Å²) < 4.78 is 5.10. The summed E-state index contributed by atoms with van der Waals surface area (Å²) in [6, 6.07) is 0.548. The number of hydrogen-bond acceptors (Lipinski definition) is 4. The van der Waals surface area contributed by atoms with Crippen molar-refractivity contribution in [3.63, 3.8) is 0 Å². The molecule has 0 unspecified atom stereocenters. The van der Waals surface area contributed by atoms with E-state index in [1.165, 1.54) is 38.9 Å². The molecule has 0 aromatic rings. The van der Waals surface area contributed by atoms with Gasteiger partial charge in [-0.25, -0.2) is 0 Å². The third-order valence-corrected chi connectivity index (χ3v) is 4.24. The molecule has 0 amide bonds. The van der Waals surface area contributed by atoms with Gasteiger partial charge in [0.25, 0.3) is 0 Å². The summed E-state index contributed by atoms with van der Waals surface area (Å²) in [5.41, 5.74) is 0. The van der Waals surface area contributed by atoms with Gasteiger partial charge >= 0.3 is 0 Å². The zero-order valence-electron chi connectivity index (χ0n) is 15.6. The molecule has 0 aliphatic carbocycles. The van der Waals surface area contributed by atoms with Crippen LogP contribution in [0.1, 0.15) is 33.1 Å². The van der Waals surface area contributed by atoms with E-state index in [-0.39, 0.29) is 0 Å². The van der Waals surface area contributed by atoms with Crippen molar-refractivity contribution in [2.45, 2.75) is 39.2 Å². The van der Waals surface area contributed by atoms with Crippen LogP contribution < -0.4 is 10.6 Å². The van der Waals surface area contributed by atoms with E-state index < -0.39 is 0 Å². The van der Waals surface area contributed by atoms with Gasteiger partial charge in [0, 0.05) is 45.9 Å². The zero-order valence-corrected chi connectivity index (χ0v) is 15.6. The van der Waals surface area contributed by atoms with Crippen molar-refractivity contribution >= 4 is 5.96 Å². The quantitative estimate of drug-likeness (QED) is 0.463. The maximum Gasteiger partial charge on any atom is 0.191 e. The van der Waals surface area contributed by atoms with Crippen molar-refractivity contribution in [1.82, 2.24) is 20.4 Å². The third kappa shape index (κ3) is 9.13. The summed E-state index contributed by atoms with van der Waals surface area (Å²) in [6.45, 7) is 12.4. The highest BCUT2D eigenvalue weighted by molar-refractivity contribution is 5.80. The van der Waals surface area contributed by atoms with Gasteiger partial charge in [0.05, 0.1) is 13.2 Å². The summed E-state index contributed by atoms with van der Waals surface area (Å²) in [5, 5.41) is 6.97. The van der Waals surface area contributed by atoms with Crippen molar-refractivity contribution in [3.05, 3.63) is 0 Å². The van der Waals surface area contributed by atoms with E-state index in [1.807, 2.05) is 0 Å². The predicted molar refractivity (Wildman–Crippen MR) is 98.2 cm³/mol. The van der Waals surface area contributed by atoms with Crippen molar-refractivity contribution in [2.75, 3.05) is 66.6 Å². The highest BCUT2D eigenvalue weighted by Crippen LogP contribution is 2.10. The first-order valence-electron chi connectivity index (χ1n) is 9.14. The Bertz CT molecular complexity index is 316. The van der Waals surface area contributed by atoms with Crippen LogP contribution in [-0.4, -0.2) is 88.4 Å². The molecule has 23 heavy (non-hydrogen) atoms. The van der Waals surface area contributed by atoms with Crippen molar-refractivity contribution in [3.8, 4) is 0 Å². The minimum Gasteiger partial charge on any atom is -0.383 e. The molecule has 0 aromatic heterocycles. The molecule has 1 fully saturated rings. The average molecular weight is 328 g/mol. The van der Waals surface area contributed by atoms with Crippen LogP contribution >= 0.6 is 0 Å². The number of hydrogen-bond donors (Lipinski definition) is 2. The molecule has 6 nitrogen and oxygen atoms in total. The second-order valence-electron chi connectivity index (χ2n) is 6.32. The molecule has 136 valence electrons. The van der Waals surface area contributed by atoms with E-state index in [0.717, 1.165) is 38.7 Å². The number of piperidine rings is 1. The lowest BCUT2D eigenvalue weighted by molar-refractivity contribution is 0.163. The van der Waals surface area contributed by atoms with Gasteiger partial charge in [-0.15, -0.1) is 0 Å². The number of guanidine groups is 1. The number of likely N-dealkylation sites (tertiary alicyclic amines) is 1. The number of methoxy groups -OCH3 is 1. The fraction of sp³-hybridized carbons (Fsp3) is 0.941. The number of aliphatic imine (C=N–C) groups is 1. The number of likely N-dealkylation sites (N-methyl/N-ethyl adjacent to an activating group) is 1. The topological polar surface area (TPSA) is 52.1 Å². The van der Waals surface area contributed by atoms with Gasteiger partial charge in [-0.3, -0.25) is 4.99 Å². The molecule has 1 rings (SSSR count). The van der Waals surface area contributed by atoms with E-state index >= 15 is 0 Å². The normalized spacial score (nSPS) is 17.7. The minimum absolute atomic E-state index is 0.548. The largest absolute Gasteiger partial charge is 0.383 e. The number of ether oxygens (including phenoxy) is 1. The lowest BCUT2D eigenvalue weighted by Crippen LogP contribution is -2.49. The fourth-order valence-electron chi connectivity index (χ4n) is 2.82. The maximum absolute atomic E-state index is 5.10. The van der Waals surface area contributed by atoms with E-state index in [1.54, 1.807) is 7.11 Å². The second kappa shape index (κ2) is 12.6. The molecule has 2 N–H and O–H groups in total. The molecule has 0 saturated carbocycles. The minimum atomic E-state index is 0.548. The Kier molecular flexibility index (Phi) is 11.0. The lowest BCUT2D eigenvalue weighted by Gasteiger charge is -2.32. The molecular weight excluding hydrogens is 290 g/mol. The van der Waals surface area contributed by atoms with E-state index in [4.69, 9.17) is 9.73 Å². The van der Waals surface area contributed by atoms with Crippen LogP contribution in [0.2, 0.25) is 0 Å². The number of nitrogens with one attached hydrogen (secondary N) is 2. The third-order valence-electron chi connectivity index (χ3n) is 4.24. The molecule has 0 bridgehead atoms. The van der Waals surface area contributed by atoms with Crippen molar-refractivity contribution in [1.29, 1.82) is 0 Å². The summed E-state index contributed by atoms with van der Waals surface area (Å²) >= 11 is 0. The van der Waals surface area contributed by atoms with Crippen molar-refractivity contribution in [2.24, 2.45) is 4.99 Å². The molecule has 0 radical (unpaired) electrons. The Labute approximate surface area is 142 Å². The van der Waals surface area contributed by atoms with Crippen LogP contribution in [-0.2, 0) is 4.74 Å². The van der Waals surface area contributed by atoms with Crippen LogP contribution in [0.5, 0.6) is 0 Å². The summed E-state index contributed by atoms with van der Waals surface area (Å²) in [4.78, 5) is 9.52. The van der Waals surface area contributed by atoms with Gasteiger partial charge in [0.15, 0.2) is 5.96 Å². The zero-order chi connectivity index (χ0) is 16.9. The van der Waals surface area contributed by atoms with Crippen LogP contribution in [0.3, 0.4) is 0 Å². The molecule has 1 saturated heterocycles. The smallest absolute Gasteiger partial charge is 0.191 e. The first kappa shape index (κ1) is 20.2. The molecular formula is C17H37N5O. The maximum atomic E-state index is 5.10. The monoisotopic (exact) mass is 327 g/mol. The molecule has 0 spiro atoms. The Morgan fingerprint density at radius 2 is 2.00 bits per heavy atom. The van der Waals surface area contributed by atoms with E-state index in [9.17, 15) is 0 Å². The summed E-state index contributed by atoms with van der Waals surface area (Å²) in [7, 11) is 3.85. The second-order valence-corrected chi connectivity index (χ2v) is 6.32. The number of nitrogens with zero attached hydrogens (tertiary/aromatic N) is 3. The SMILES string of the molecule is CCCN1CCC(NC(=NCCN(C)CCOC)NCC)CC1. The van der Waals surface area contributed by atoms with Gasteiger partial charge in [0.1, 0.15) is 0 Å².